The minimum atomic E-state index is -0.177. The van der Waals surface area contributed by atoms with Crippen LogP contribution in [0.1, 0.15) is 30.4 Å². The van der Waals surface area contributed by atoms with Gasteiger partial charge in [0.1, 0.15) is 0 Å². The molecule has 3 nitrogen and oxygen atoms in total. The zero-order chi connectivity index (χ0) is 16.4. The van der Waals surface area contributed by atoms with Crippen LogP contribution >= 0.6 is 0 Å². The quantitative estimate of drug-likeness (QED) is 0.918. The van der Waals surface area contributed by atoms with Crippen molar-refractivity contribution in [2.45, 2.75) is 30.8 Å². The van der Waals surface area contributed by atoms with E-state index in [0.29, 0.717) is 6.54 Å². The molecule has 1 N–H and O–H groups in total. The first-order valence-electron chi connectivity index (χ1n) is 8.81. The molecule has 2 aromatic rings. The fourth-order valence-electron chi connectivity index (χ4n) is 4.00. The van der Waals surface area contributed by atoms with E-state index in [1.165, 1.54) is 11.1 Å². The van der Waals surface area contributed by atoms with E-state index in [2.05, 4.69) is 53.8 Å². The van der Waals surface area contributed by atoms with E-state index in [1.807, 2.05) is 12.1 Å². The Morgan fingerprint density at radius 3 is 2.21 bits per heavy atom. The summed E-state index contributed by atoms with van der Waals surface area (Å²) in [7, 11) is 0. The van der Waals surface area contributed by atoms with E-state index < -0.39 is 0 Å². The SMILES string of the molecule is O=C(NC[C@H]1CCCO1)[C@H]1CC1(c1ccccc1)c1ccccc1. The van der Waals surface area contributed by atoms with Crippen LogP contribution in [0.2, 0.25) is 0 Å². The molecule has 0 spiro atoms. The molecule has 1 heterocycles. The van der Waals surface area contributed by atoms with Crippen molar-refractivity contribution in [2.24, 2.45) is 5.92 Å². The largest absolute Gasteiger partial charge is 0.376 e. The topological polar surface area (TPSA) is 38.3 Å². The van der Waals surface area contributed by atoms with Crippen LogP contribution in [0.5, 0.6) is 0 Å². The number of benzene rings is 2. The molecule has 0 radical (unpaired) electrons. The first-order chi connectivity index (χ1) is 11.8. The maximum absolute atomic E-state index is 12.8. The minimum Gasteiger partial charge on any atom is -0.376 e. The standard InChI is InChI=1S/C21H23NO2/c23-20(22-15-18-12-7-13-24-18)19-14-21(19,16-8-3-1-4-9-16)17-10-5-2-6-11-17/h1-6,8-11,18-19H,7,12-15H2,(H,22,23)/t18-,19-/m1/s1. The lowest BCUT2D eigenvalue weighted by molar-refractivity contribution is -0.123. The highest BCUT2D eigenvalue weighted by Gasteiger charge is 2.60. The first kappa shape index (κ1) is 15.4. The van der Waals surface area contributed by atoms with Crippen LogP contribution in [-0.2, 0) is 14.9 Å². The maximum Gasteiger partial charge on any atom is 0.224 e. The van der Waals surface area contributed by atoms with E-state index in [9.17, 15) is 4.79 Å². The number of hydrogen-bond donors (Lipinski definition) is 1. The molecule has 2 aliphatic rings. The van der Waals surface area contributed by atoms with Gasteiger partial charge < -0.3 is 10.1 Å². The second kappa shape index (κ2) is 6.40. The van der Waals surface area contributed by atoms with Crippen LogP contribution in [0, 0.1) is 5.92 Å². The zero-order valence-corrected chi connectivity index (χ0v) is 13.8. The number of carbonyl (C=O) groups is 1. The molecule has 124 valence electrons. The van der Waals surface area contributed by atoms with Gasteiger partial charge in [-0.15, -0.1) is 0 Å². The molecule has 1 aliphatic carbocycles. The molecule has 0 aromatic heterocycles. The van der Waals surface area contributed by atoms with E-state index >= 15 is 0 Å². The van der Waals surface area contributed by atoms with Crippen molar-refractivity contribution in [2.75, 3.05) is 13.2 Å². The molecule has 1 saturated heterocycles. The van der Waals surface area contributed by atoms with Crippen LogP contribution < -0.4 is 5.32 Å². The molecule has 2 atom stereocenters. The summed E-state index contributed by atoms with van der Waals surface area (Å²) >= 11 is 0. The van der Waals surface area contributed by atoms with Crippen molar-refractivity contribution in [3.05, 3.63) is 71.8 Å². The van der Waals surface area contributed by atoms with Gasteiger partial charge in [-0.25, -0.2) is 0 Å². The van der Waals surface area contributed by atoms with Crippen molar-refractivity contribution >= 4 is 5.91 Å². The summed E-state index contributed by atoms with van der Waals surface area (Å²) in [6.45, 7) is 1.46. The monoisotopic (exact) mass is 321 g/mol. The summed E-state index contributed by atoms with van der Waals surface area (Å²) < 4.78 is 5.61. The smallest absolute Gasteiger partial charge is 0.224 e. The number of carbonyl (C=O) groups excluding carboxylic acids is 1. The lowest BCUT2D eigenvalue weighted by Gasteiger charge is -2.19. The molecular formula is C21H23NO2. The molecule has 4 rings (SSSR count). The Labute approximate surface area is 143 Å². The highest BCUT2D eigenvalue weighted by atomic mass is 16.5. The third kappa shape index (κ3) is 2.73. The Morgan fingerprint density at radius 2 is 1.67 bits per heavy atom. The van der Waals surface area contributed by atoms with Gasteiger partial charge in [0, 0.05) is 18.6 Å². The van der Waals surface area contributed by atoms with Gasteiger partial charge in [-0.3, -0.25) is 4.79 Å². The zero-order valence-electron chi connectivity index (χ0n) is 13.8. The van der Waals surface area contributed by atoms with Gasteiger partial charge in [0.25, 0.3) is 0 Å². The lowest BCUT2D eigenvalue weighted by Crippen LogP contribution is -2.34. The van der Waals surface area contributed by atoms with E-state index in [0.717, 1.165) is 25.9 Å². The Hall–Kier alpha value is -2.13. The van der Waals surface area contributed by atoms with Crippen LogP contribution in [0.25, 0.3) is 0 Å². The Bertz CT molecular complexity index is 653. The predicted molar refractivity (Wildman–Crippen MR) is 93.8 cm³/mol. The molecule has 24 heavy (non-hydrogen) atoms. The molecule has 2 fully saturated rings. The van der Waals surface area contributed by atoms with E-state index in [1.54, 1.807) is 0 Å². The van der Waals surface area contributed by atoms with Crippen LogP contribution in [0.3, 0.4) is 0 Å². The van der Waals surface area contributed by atoms with Gasteiger partial charge in [0.15, 0.2) is 0 Å². The molecule has 3 heteroatoms. The predicted octanol–water partition coefficient (Wildman–Crippen LogP) is 3.29. The molecule has 1 amide bonds. The molecular weight excluding hydrogens is 298 g/mol. The third-order valence-electron chi connectivity index (χ3n) is 5.38. The summed E-state index contributed by atoms with van der Waals surface area (Å²) in [5.74, 6) is 0.155. The summed E-state index contributed by atoms with van der Waals surface area (Å²) in [5, 5.41) is 3.12. The highest BCUT2D eigenvalue weighted by molar-refractivity contribution is 5.86. The summed E-state index contributed by atoms with van der Waals surface area (Å²) in [6.07, 6.45) is 3.21. The van der Waals surface area contributed by atoms with Crippen molar-refractivity contribution in [3.63, 3.8) is 0 Å². The minimum absolute atomic E-state index is 0.00343. The van der Waals surface area contributed by atoms with Gasteiger partial charge in [0.05, 0.1) is 12.0 Å². The second-order valence-corrected chi connectivity index (χ2v) is 6.84. The van der Waals surface area contributed by atoms with Gasteiger partial charge in [-0.2, -0.15) is 0 Å². The Kier molecular flexibility index (Phi) is 4.11. The normalized spacial score (nSPS) is 24.5. The lowest BCUT2D eigenvalue weighted by atomic mass is 9.85. The van der Waals surface area contributed by atoms with Crippen LogP contribution in [-0.4, -0.2) is 25.2 Å². The van der Waals surface area contributed by atoms with E-state index in [4.69, 9.17) is 4.74 Å². The fourth-order valence-corrected chi connectivity index (χ4v) is 4.00. The molecule has 0 bridgehead atoms. The fraction of sp³-hybridized carbons (Fsp3) is 0.381. The van der Waals surface area contributed by atoms with Crippen molar-refractivity contribution < 1.29 is 9.53 Å². The third-order valence-corrected chi connectivity index (χ3v) is 5.38. The highest BCUT2D eigenvalue weighted by Crippen LogP contribution is 2.58. The average Bonchev–Trinajstić information content (AvgIpc) is 3.20. The Morgan fingerprint density at radius 1 is 1.04 bits per heavy atom. The second-order valence-electron chi connectivity index (χ2n) is 6.84. The van der Waals surface area contributed by atoms with Crippen LogP contribution in [0.15, 0.2) is 60.7 Å². The Balaban J connectivity index is 1.54. The number of nitrogens with one attached hydrogen (secondary N) is 1. The van der Waals surface area contributed by atoms with E-state index in [-0.39, 0.29) is 23.3 Å². The van der Waals surface area contributed by atoms with Gasteiger partial charge in [-0.1, -0.05) is 60.7 Å². The van der Waals surface area contributed by atoms with Crippen LogP contribution in [0.4, 0.5) is 0 Å². The van der Waals surface area contributed by atoms with Crippen molar-refractivity contribution in [1.82, 2.24) is 5.32 Å². The molecule has 1 aliphatic heterocycles. The molecule has 0 unspecified atom stereocenters. The first-order valence-corrected chi connectivity index (χ1v) is 8.81. The van der Waals surface area contributed by atoms with Crippen molar-refractivity contribution in [1.29, 1.82) is 0 Å². The number of ether oxygens (including phenoxy) is 1. The average molecular weight is 321 g/mol. The van der Waals surface area contributed by atoms with Gasteiger partial charge in [-0.05, 0) is 30.4 Å². The summed E-state index contributed by atoms with van der Waals surface area (Å²) in [6, 6.07) is 20.8. The van der Waals surface area contributed by atoms with Gasteiger partial charge in [0.2, 0.25) is 5.91 Å². The molecule has 2 aromatic carbocycles. The maximum atomic E-state index is 12.8. The number of amides is 1. The molecule has 1 saturated carbocycles. The van der Waals surface area contributed by atoms with Gasteiger partial charge >= 0.3 is 0 Å². The number of rotatable bonds is 5. The summed E-state index contributed by atoms with van der Waals surface area (Å²) in [4.78, 5) is 12.8. The number of hydrogen-bond acceptors (Lipinski definition) is 2. The van der Waals surface area contributed by atoms with Crippen molar-refractivity contribution in [3.8, 4) is 0 Å². The summed E-state index contributed by atoms with van der Waals surface area (Å²) in [5.41, 5.74) is 2.28.